The molecule has 2 aromatic rings. The molecule has 1 saturated heterocycles. The van der Waals surface area contributed by atoms with E-state index in [9.17, 15) is 4.79 Å². The molecular weight excluding hydrogens is 326 g/mol. The van der Waals surface area contributed by atoms with Gasteiger partial charge in [0.25, 0.3) is 0 Å². The van der Waals surface area contributed by atoms with Gasteiger partial charge in [0.2, 0.25) is 16.2 Å². The maximum atomic E-state index is 12.2. The molecule has 24 heavy (non-hydrogen) atoms. The average Bonchev–Trinajstić information content (AvgIpc) is 3.29. The molecule has 0 spiro atoms. The van der Waals surface area contributed by atoms with Crippen LogP contribution in [0, 0.1) is 5.92 Å². The number of ether oxygens (including phenoxy) is 1. The van der Waals surface area contributed by atoms with Gasteiger partial charge in [-0.25, -0.2) is 0 Å². The number of nitrogens with one attached hydrogen (secondary N) is 1. The van der Waals surface area contributed by atoms with Crippen LogP contribution in [0.5, 0.6) is 0 Å². The zero-order valence-electron chi connectivity index (χ0n) is 13.9. The van der Waals surface area contributed by atoms with E-state index >= 15 is 0 Å². The van der Waals surface area contributed by atoms with Crippen LogP contribution in [0.25, 0.3) is 5.13 Å². The molecule has 8 heteroatoms. The van der Waals surface area contributed by atoms with Crippen LogP contribution < -0.4 is 10.2 Å². The van der Waals surface area contributed by atoms with E-state index in [2.05, 4.69) is 20.4 Å². The maximum absolute atomic E-state index is 12.2. The molecule has 1 aliphatic rings. The molecule has 0 atom stereocenters. The number of hydrogen-bond acceptors (Lipinski definition) is 6. The predicted molar refractivity (Wildman–Crippen MR) is 93.7 cm³/mol. The van der Waals surface area contributed by atoms with E-state index in [1.807, 2.05) is 29.1 Å². The molecule has 0 aliphatic carbocycles. The Labute approximate surface area is 145 Å². The molecule has 0 aromatic carbocycles. The van der Waals surface area contributed by atoms with Gasteiger partial charge < -0.3 is 15.0 Å². The minimum absolute atomic E-state index is 0.0978. The first-order valence-corrected chi connectivity index (χ1v) is 9.08. The Morgan fingerprint density at radius 1 is 1.29 bits per heavy atom. The second-order valence-corrected chi connectivity index (χ2v) is 6.79. The lowest BCUT2D eigenvalue weighted by atomic mass is 9.96. The molecule has 1 N–H and O–H groups in total. The molecule has 0 unspecified atom stereocenters. The van der Waals surface area contributed by atoms with E-state index in [1.54, 1.807) is 18.4 Å². The zero-order chi connectivity index (χ0) is 16.8. The minimum atomic E-state index is 0.0978. The quantitative estimate of drug-likeness (QED) is 0.770. The largest absolute Gasteiger partial charge is 0.385 e. The van der Waals surface area contributed by atoms with Gasteiger partial charge in [-0.1, -0.05) is 11.3 Å². The van der Waals surface area contributed by atoms with Crippen LogP contribution in [0.4, 0.5) is 5.13 Å². The fourth-order valence-electron chi connectivity index (χ4n) is 2.81. The van der Waals surface area contributed by atoms with Crippen LogP contribution >= 0.6 is 11.3 Å². The summed E-state index contributed by atoms with van der Waals surface area (Å²) in [7, 11) is 1.67. The third-order valence-corrected chi connectivity index (χ3v) is 5.19. The highest BCUT2D eigenvalue weighted by molar-refractivity contribution is 7.17. The second-order valence-electron chi connectivity index (χ2n) is 5.86. The number of carbonyl (C=O) groups excluding carboxylic acids is 1. The summed E-state index contributed by atoms with van der Waals surface area (Å²) in [5, 5.41) is 13.3. The smallest absolute Gasteiger partial charge is 0.223 e. The predicted octanol–water partition coefficient (Wildman–Crippen LogP) is 1.70. The van der Waals surface area contributed by atoms with Gasteiger partial charge in [-0.05, 0) is 31.4 Å². The van der Waals surface area contributed by atoms with Gasteiger partial charge in [-0.15, -0.1) is 10.2 Å². The molecule has 2 aromatic heterocycles. The van der Waals surface area contributed by atoms with Gasteiger partial charge in [0.1, 0.15) is 0 Å². The summed E-state index contributed by atoms with van der Waals surface area (Å²) < 4.78 is 6.95. The van der Waals surface area contributed by atoms with Crippen molar-refractivity contribution in [2.75, 3.05) is 38.3 Å². The van der Waals surface area contributed by atoms with Crippen LogP contribution in [0.1, 0.15) is 19.3 Å². The molecule has 1 amide bonds. The topological polar surface area (TPSA) is 72.3 Å². The Morgan fingerprint density at radius 2 is 2.00 bits per heavy atom. The monoisotopic (exact) mass is 349 g/mol. The van der Waals surface area contributed by atoms with Crippen molar-refractivity contribution in [2.24, 2.45) is 5.92 Å². The SMILES string of the molecule is COCCCNC(=O)C1CCN(c2nnc(-n3cccc3)s2)CC1. The van der Waals surface area contributed by atoms with E-state index in [4.69, 9.17) is 4.74 Å². The van der Waals surface area contributed by atoms with Crippen molar-refractivity contribution >= 4 is 22.4 Å². The van der Waals surface area contributed by atoms with Gasteiger partial charge in [0.15, 0.2) is 0 Å². The zero-order valence-corrected chi connectivity index (χ0v) is 14.7. The van der Waals surface area contributed by atoms with Crippen LogP contribution in [-0.2, 0) is 9.53 Å². The maximum Gasteiger partial charge on any atom is 0.223 e. The van der Waals surface area contributed by atoms with Gasteiger partial charge in [0.05, 0.1) is 0 Å². The highest BCUT2D eigenvalue weighted by atomic mass is 32.1. The lowest BCUT2D eigenvalue weighted by molar-refractivity contribution is -0.125. The first-order chi connectivity index (χ1) is 11.8. The average molecular weight is 349 g/mol. The van der Waals surface area contributed by atoms with E-state index < -0.39 is 0 Å². The fraction of sp³-hybridized carbons (Fsp3) is 0.562. The van der Waals surface area contributed by atoms with Crippen molar-refractivity contribution in [2.45, 2.75) is 19.3 Å². The highest BCUT2D eigenvalue weighted by Crippen LogP contribution is 2.27. The molecule has 130 valence electrons. The van der Waals surface area contributed by atoms with Gasteiger partial charge in [-0.3, -0.25) is 9.36 Å². The van der Waals surface area contributed by atoms with Crippen molar-refractivity contribution in [1.82, 2.24) is 20.1 Å². The molecule has 0 radical (unpaired) electrons. The Hall–Kier alpha value is -1.93. The van der Waals surface area contributed by atoms with Crippen molar-refractivity contribution in [3.05, 3.63) is 24.5 Å². The number of aromatic nitrogens is 3. The summed E-state index contributed by atoms with van der Waals surface area (Å²) in [5.41, 5.74) is 0. The first-order valence-electron chi connectivity index (χ1n) is 8.26. The Balaban J connectivity index is 1.47. The van der Waals surface area contributed by atoms with Crippen molar-refractivity contribution in [3.8, 4) is 5.13 Å². The number of amides is 1. The number of anilines is 1. The summed E-state index contributed by atoms with van der Waals surface area (Å²) >= 11 is 1.58. The van der Waals surface area contributed by atoms with Crippen LogP contribution in [-0.4, -0.2) is 54.0 Å². The lowest BCUT2D eigenvalue weighted by Gasteiger charge is -2.30. The summed E-state index contributed by atoms with van der Waals surface area (Å²) in [6.07, 6.45) is 6.49. The third kappa shape index (κ3) is 4.12. The summed E-state index contributed by atoms with van der Waals surface area (Å²) in [6, 6.07) is 3.94. The fourth-order valence-corrected chi connectivity index (χ4v) is 3.67. The van der Waals surface area contributed by atoms with Crippen LogP contribution in [0.2, 0.25) is 0 Å². The van der Waals surface area contributed by atoms with Crippen molar-refractivity contribution in [1.29, 1.82) is 0 Å². The number of piperidine rings is 1. The summed E-state index contributed by atoms with van der Waals surface area (Å²) in [4.78, 5) is 14.4. The third-order valence-electron chi connectivity index (χ3n) is 4.19. The second kappa shape index (κ2) is 8.25. The number of nitrogens with zero attached hydrogens (tertiary/aromatic N) is 4. The van der Waals surface area contributed by atoms with E-state index in [1.165, 1.54) is 0 Å². The number of rotatable bonds is 7. The van der Waals surface area contributed by atoms with Gasteiger partial charge >= 0.3 is 0 Å². The van der Waals surface area contributed by atoms with Crippen LogP contribution in [0.3, 0.4) is 0 Å². The summed E-state index contributed by atoms with van der Waals surface area (Å²) in [6.45, 7) is 3.05. The van der Waals surface area contributed by atoms with Gasteiger partial charge in [0, 0.05) is 51.7 Å². The Morgan fingerprint density at radius 3 is 2.71 bits per heavy atom. The molecule has 1 fully saturated rings. The number of methoxy groups -OCH3 is 1. The molecule has 0 bridgehead atoms. The molecule has 3 heterocycles. The van der Waals surface area contributed by atoms with Crippen molar-refractivity contribution in [3.63, 3.8) is 0 Å². The molecule has 3 rings (SSSR count). The lowest BCUT2D eigenvalue weighted by Crippen LogP contribution is -2.40. The molecule has 1 aliphatic heterocycles. The normalized spacial score (nSPS) is 15.6. The molecule has 7 nitrogen and oxygen atoms in total. The standard InChI is InChI=1S/C16H23N5O2S/c1-23-12-4-7-17-14(22)13-5-10-21(11-6-13)16-19-18-15(24-16)20-8-2-3-9-20/h2-3,8-9,13H,4-7,10-12H2,1H3,(H,17,22). The molecule has 0 saturated carbocycles. The Bertz CT molecular complexity index is 635. The van der Waals surface area contributed by atoms with Crippen molar-refractivity contribution < 1.29 is 9.53 Å². The summed E-state index contributed by atoms with van der Waals surface area (Å²) in [5.74, 6) is 0.261. The molecular formula is C16H23N5O2S. The number of carbonyl (C=O) groups is 1. The van der Waals surface area contributed by atoms with Crippen LogP contribution in [0.15, 0.2) is 24.5 Å². The highest BCUT2D eigenvalue weighted by Gasteiger charge is 2.26. The van der Waals surface area contributed by atoms with E-state index in [0.717, 1.165) is 42.6 Å². The number of hydrogen-bond donors (Lipinski definition) is 1. The first kappa shape index (κ1) is 16.9. The van der Waals surface area contributed by atoms with E-state index in [-0.39, 0.29) is 11.8 Å². The van der Waals surface area contributed by atoms with E-state index in [0.29, 0.717) is 13.2 Å². The minimum Gasteiger partial charge on any atom is -0.385 e. The Kier molecular flexibility index (Phi) is 5.81. The van der Waals surface area contributed by atoms with Gasteiger partial charge in [-0.2, -0.15) is 0 Å².